The van der Waals surface area contributed by atoms with Crippen molar-refractivity contribution in [3.63, 3.8) is 0 Å². The summed E-state index contributed by atoms with van der Waals surface area (Å²) < 4.78 is 0. The molecule has 0 aliphatic rings. The van der Waals surface area contributed by atoms with Gasteiger partial charge in [-0.25, -0.2) is 0 Å². The highest BCUT2D eigenvalue weighted by molar-refractivity contribution is 14.0. The first-order valence-electron chi connectivity index (χ1n) is 7.08. The Morgan fingerprint density at radius 3 is 2.50 bits per heavy atom. The molecule has 4 heteroatoms. The monoisotopic (exact) mass is 389 g/mol. The topological polar surface area (TPSA) is 27.6 Å². The molecular weight excluding hydrogens is 361 g/mol. The van der Waals surface area contributed by atoms with Crippen LogP contribution in [0.25, 0.3) is 0 Å². The molecule has 0 bridgehead atoms. The van der Waals surface area contributed by atoms with Crippen LogP contribution in [0.1, 0.15) is 31.9 Å². The van der Waals surface area contributed by atoms with E-state index in [-0.39, 0.29) is 24.0 Å². The average molecular weight is 389 g/mol. The fourth-order valence-corrected chi connectivity index (χ4v) is 1.86. The molecule has 1 rings (SSSR count). The summed E-state index contributed by atoms with van der Waals surface area (Å²) in [6.07, 6.45) is 0. The van der Waals surface area contributed by atoms with Crippen LogP contribution in [0.2, 0.25) is 0 Å². The highest BCUT2D eigenvalue weighted by Gasteiger charge is 2.07. The molecule has 0 aliphatic carbocycles. The van der Waals surface area contributed by atoms with Gasteiger partial charge in [0.1, 0.15) is 0 Å². The quantitative estimate of drug-likeness (QED) is 0.473. The number of benzene rings is 1. The molecular formula is C16H28IN3. The van der Waals surface area contributed by atoms with Crippen LogP contribution in [-0.2, 0) is 6.54 Å². The van der Waals surface area contributed by atoms with Gasteiger partial charge < -0.3 is 10.2 Å². The second kappa shape index (κ2) is 10.0. The Hall–Kier alpha value is -0.780. The molecule has 1 aromatic carbocycles. The van der Waals surface area contributed by atoms with Gasteiger partial charge in [-0.3, -0.25) is 4.99 Å². The number of rotatable bonds is 5. The average Bonchev–Trinajstić information content (AvgIpc) is 2.37. The Morgan fingerprint density at radius 2 is 1.95 bits per heavy atom. The van der Waals surface area contributed by atoms with E-state index in [0.29, 0.717) is 5.92 Å². The second-order valence-corrected chi connectivity index (χ2v) is 5.37. The minimum Gasteiger partial charge on any atom is -0.357 e. The van der Waals surface area contributed by atoms with Crippen LogP contribution in [0.5, 0.6) is 0 Å². The van der Waals surface area contributed by atoms with Crippen molar-refractivity contribution in [2.45, 2.75) is 34.2 Å². The molecule has 0 amide bonds. The number of nitrogens with zero attached hydrogens (tertiary/aromatic N) is 2. The predicted octanol–water partition coefficient (Wildman–Crippen LogP) is 3.67. The first-order chi connectivity index (χ1) is 9.04. The molecule has 114 valence electrons. The summed E-state index contributed by atoms with van der Waals surface area (Å²) in [5.74, 6) is 1.57. The minimum absolute atomic E-state index is 0. The zero-order valence-electron chi connectivity index (χ0n) is 13.3. The molecule has 0 radical (unpaired) electrons. The molecule has 0 spiro atoms. The number of halogens is 1. The van der Waals surface area contributed by atoms with Crippen LogP contribution in [0.4, 0.5) is 0 Å². The van der Waals surface area contributed by atoms with Gasteiger partial charge in [0.05, 0.1) is 0 Å². The van der Waals surface area contributed by atoms with E-state index in [1.165, 1.54) is 11.1 Å². The zero-order valence-corrected chi connectivity index (χ0v) is 15.6. The highest BCUT2D eigenvalue weighted by Crippen LogP contribution is 2.09. The van der Waals surface area contributed by atoms with Gasteiger partial charge in [-0.1, -0.05) is 38.1 Å². The summed E-state index contributed by atoms with van der Waals surface area (Å²) in [6.45, 7) is 11.3. The van der Waals surface area contributed by atoms with Crippen LogP contribution in [-0.4, -0.2) is 31.0 Å². The maximum atomic E-state index is 4.67. The maximum Gasteiger partial charge on any atom is 0.193 e. The number of aliphatic imine (C=N–C) groups is 1. The van der Waals surface area contributed by atoms with Gasteiger partial charge in [-0.15, -0.1) is 24.0 Å². The van der Waals surface area contributed by atoms with E-state index in [9.17, 15) is 0 Å². The molecule has 1 aromatic rings. The Morgan fingerprint density at radius 1 is 1.30 bits per heavy atom. The standard InChI is InChI=1S/C16H27N3.HI/c1-6-17-16(18-11-13(2)3)19(5)12-15-10-8-7-9-14(15)4;/h7-10,13H,6,11-12H2,1-5H3,(H,17,18);1H. The van der Waals surface area contributed by atoms with Gasteiger partial charge >= 0.3 is 0 Å². The van der Waals surface area contributed by atoms with E-state index in [2.05, 4.69) is 74.2 Å². The minimum atomic E-state index is 0. The van der Waals surface area contributed by atoms with Crippen molar-refractivity contribution in [1.29, 1.82) is 0 Å². The van der Waals surface area contributed by atoms with E-state index >= 15 is 0 Å². The van der Waals surface area contributed by atoms with Crippen molar-refractivity contribution in [3.05, 3.63) is 35.4 Å². The lowest BCUT2D eigenvalue weighted by molar-refractivity contribution is 0.472. The smallest absolute Gasteiger partial charge is 0.193 e. The maximum absolute atomic E-state index is 4.67. The third-order valence-corrected chi connectivity index (χ3v) is 2.97. The largest absolute Gasteiger partial charge is 0.357 e. The van der Waals surface area contributed by atoms with Crippen molar-refractivity contribution in [2.24, 2.45) is 10.9 Å². The predicted molar refractivity (Wildman–Crippen MR) is 98.9 cm³/mol. The number of nitrogens with one attached hydrogen (secondary N) is 1. The molecule has 0 aromatic heterocycles. The Kier molecular flexibility index (Phi) is 9.63. The zero-order chi connectivity index (χ0) is 14.3. The molecule has 0 unspecified atom stereocenters. The van der Waals surface area contributed by atoms with Crippen LogP contribution in [0, 0.1) is 12.8 Å². The van der Waals surface area contributed by atoms with E-state index in [1.807, 2.05) is 0 Å². The summed E-state index contributed by atoms with van der Waals surface area (Å²) in [4.78, 5) is 6.86. The van der Waals surface area contributed by atoms with Crippen LogP contribution >= 0.6 is 24.0 Å². The number of aryl methyl sites for hydroxylation is 1. The van der Waals surface area contributed by atoms with E-state index in [1.54, 1.807) is 0 Å². The van der Waals surface area contributed by atoms with E-state index < -0.39 is 0 Å². The summed E-state index contributed by atoms with van der Waals surface area (Å²) in [7, 11) is 2.09. The normalized spacial score (nSPS) is 11.2. The van der Waals surface area contributed by atoms with E-state index in [4.69, 9.17) is 0 Å². The van der Waals surface area contributed by atoms with Gasteiger partial charge in [0, 0.05) is 26.7 Å². The van der Waals surface area contributed by atoms with Crippen molar-refractivity contribution in [3.8, 4) is 0 Å². The molecule has 0 aliphatic heterocycles. The van der Waals surface area contributed by atoms with Crippen molar-refractivity contribution < 1.29 is 0 Å². The van der Waals surface area contributed by atoms with E-state index in [0.717, 1.165) is 25.6 Å². The third-order valence-electron chi connectivity index (χ3n) is 2.97. The number of guanidine groups is 1. The lowest BCUT2D eigenvalue weighted by Gasteiger charge is -2.23. The SMILES string of the molecule is CCNC(=NCC(C)C)N(C)Cc1ccccc1C.I. The van der Waals surface area contributed by atoms with Gasteiger partial charge in [0.2, 0.25) is 0 Å². The summed E-state index contributed by atoms with van der Waals surface area (Å²) in [5, 5.41) is 3.35. The Labute approximate surface area is 140 Å². The van der Waals surface area contributed by atoms with Gasteiger partial charge in [-0.2, -0.15) is 0 Å². The number of hydrogen-bond donors (Lipinski definition) is 1. The fourth-order valence-electron chi connectivity index (χ4n) is 1.86. The molecule has 0 saturated carbocycles. The second-order valence-electron chi connectivity index (χ2n) is 5.37. The van der Waals surface area contributed by atoms with Gasteiger partial charge in [0.15, 0.2) is 5.96 Å². The summed E-state index contributed by atoms with van der Waals surface area (Å²) >= 11 is 0. The first kappa shape index (κ1) is 19.2. The molecule has 20 heavy (non-hydrogen) atoms. The molecule has 0 atom stereocenters. The number of hydrogen-bond acceptors (Lipinski definition) is 1. The summed E-state index contributed by atoms with van der Waals surface area (Å²) in [6, 6.07) is 8.50. The molecule has 1 N–H and O–H groups in total. The third kappa shape index (κ3) is 6.59. The van der Waals surface area contributed by atoms with Crippen molar-refractivity contribution >= 4 is 29.9 Å². The molecule has 0 saturated heterocycles. The van der Waals surface area contributed by atoms with Crippen LogP contribution < -0.4 is 5.32 Å². The van der Waals surface area contributed by atoms with Crippen LogP contribution in [0.15, 0.2) is 29.3 Å². The summed E-state index contributed by atoms with van der Waals surface area (Å²) in [5.41, 5.74) is 2.68. The molecule has 0 fully saturated rings. The van der Waals surface area contributed by atoms with Crippen molar-refractivity contribution in [1.82, 2.24) is 10.2 Å². The first-order valence-corrected chi connectivity index (χ1v) is 7.08. The molecule has 0 heterocycles. The van der Waals surface area contributed by atoms with Crippen LogP contribution in [0.3, 0.4) is 0 Å². The lowest BCUT2D eigenvalue weighted by Crippen LogP contribution is -2.38. The van der Waals surface area contributed by atoms with Crippen molar-refractivity contribution in [2.75, 3.05) is 20.1 Å². The lowest BCUT2D eigenvalue weighted by atomic mass is 10.1. The fraction of sp³-hybridized carbons (Fsp3) is 0.562. The molecule has 3 nitrogen and oxygen atoms in total. The Balaban J connectivity index is 0.00000361. The Bertz CT molecular complexity index is 416. The van der Waals surface area contributed by atoms with Gasteiger partial charge in [-0.05, 0) is 30.9 Å². The highest BCUT2D eigenvalue weighted by atomic mass is 127. The van der Waals surface area contributed by atoms with Gasteiger partial charge in [0.25, 0.3) is 0 Å².